The highest BCUT2D eigenvalue weighted by molar-refractivity contribution is 5.87. The van der Waals surface area contributed by atoms with E-state index in [9.17, 15) is 4.79 Å². The zero-order valence-corrected chi connectivity index (χ0v) is 9.75. The molecule has 0 aromatic carbocycles. The molecule has 0 heterocycles. The third-order valence-electron chi connectivity index (χ3n) is 2.07. The van der Waals surface area contributed by atoms with Gasteiger partial charge >= 0.3 is 5.97 Å². The Morgan fingerprint density at radius 1 is 1.47 bits per heavy atom. The van der Waals surface area contributed by atoms with Crippen molar-refractivity contribution in [3.05, 3.63) is 23.3 Å². The normalized spacial score (nSPS) is 12.8. The summed E-state index contributed by atoms with van der Waals surface area (Å²) in [6.45, 7) is 5.68. The van der Waals surface area contributed by atoms with E-state index in [1.54, 1.807) is 19.9 Å². The second-order valence-corrected chi connectivity index (χ2v) is 3.36. The molecule has 1 N–H and O–H groups in total. The number of ether oxygens (including phenoxy) is 1. The van der Waals surface area contributed by atoms with Gasteiger partial charge in [0.25, 0.3) is 0 Å². The van der Waals surface area contributed by atoms with Crippen LogP contribution in [0.5, 0.6) is 0 Å². The van der Waals surface area contributed by atoms with Crippen LogP contribution in [0, 0.1) is 0 Å². The number of aliphatic hydroxyl groups excluding tert-OH is 1. The fourth-order valence-electron chi connectivity index (χ4n) is 0.908. The first-order valence-corrected chi connectivity index (χ1v) is 5.24. The van der Waals surface area contributed by atoms with Crippen LogP contribution in [0.15, 0.2) is 23.3 Å². The van der Waals surface area contributed by atoms with Gasteiger partial charge in [-0.3, -0.25) is 0 Å². The summed E-state index contributed by atoms with van der Waals surface area (Å²) in [5.41, 5.74) is 1.34. The van der Waals surface area contributed by atoms with E-state index in [2.05, 4.69) is 6.92 Å². The molecule has 15 heavy (non-hydrogen) atoms. The molecule has 0 aromatic heterocycles. The van der Waals surface area contributed by atoms with Crippen LogP contribution in [0.3, 0.4) is 0 Å². The van der Waals surface area contributed by atoms with Crippen molar-refractivity contribution >= 4 is 5.97 Å². The molecular weight excluding hydrogens is 192 g/mol. The maximum Gasteiger partial charge on any atom is 0.333 e. The van der Waals surface area contributed by atoms with Gasteiger partial charge in [-0.15, -0.1) is 0 Å². The third-order valence-corrected chi connectivity index (χ3v) is 2.07. The number of esters is 1. The highest BCUT2D eigenvalue weighted by Gasteiger charge is 2.05. The molecule has 0 bridgehead atoms. The smallest absolute Gasteiger partial charge is 0.333 e. The molecule has 0 unspecified atom stereocenters. The SMILES string of the molecule is C/C=C(\C)C(=O)OC/C(=C\CCC)CO. The van der Waals surface area contributed by atoms with Crippen LogP contribution in [0.4, 0.5) is 0 Å². The minimum atomic E-state index is -0.326. The number of allylic oxidation sites excluding steroid dienone is 2. The molecule has 0 saturated carbocycles. The number of hydrogen-bond acceptors (Lipinski definition) is 3. The second-order valence-electron chi connectivity index (χ2n) is 3.36. The van der Waals surface area contributed by atoms with Crippen molar-refractivity contribution in [3.63, 3.8) is 0 Å². The van der Waals surface area contributed by atoms with Crippen molar-refractivity contribution in [1.82, 2.24) is 0 Å². The molecule has 3 heteroatoms. The van der Waals surface area contributed by atoms with Gasteiger partial charge in [-0.1, -0.05) is 25.5 Å². The Labute approximate surface area is 91.4 Å². The van der Waals surface area contributed by atoms with Crippen molar-refractivity contribution in [1.29, 1.82) is 0 Å². The lowest BCUT2D eigenvalue weighted by Crippen LogP contribution is -2.10. The molecule has 0 aliphatic rings. The first-order chi connectivity index (χ1) is 7.15. The molecule has 86 valence electrons. The van der Waals surface area contributed by atoms with Gasteiger partial charge in [0, 0.05) is 5.57 Å². The van der Waals surface area contributed by atoms with Crippen LogP contribution in [-0.4, -0.2) is 24.3 Å². The molecule has 0 aromatic rings. The molecule has 0 amide bonds. The summed E-state index contributed by atoms with van der Waals surface area (Å²) in [4.78, 5) is 11.3. The van der Waals surface area contributed by atoms with Crippen LogP contribution in [-0.2, 0) is 9.53 Å². The maximum absolute atomic E-state index is 11.3. The van der Waals surface area contributed by atoms with Gasteiger partial charge in [-0.05, 0) is 25.8 Å². The quantitative estimate of drug-likeness (QED) is 0.417. The van der Waals surface area contributed by atoms with E-state index in [-0.39, 0.29) is 19.2 Å². The molecular formula is C12H20O3. The summed E-state index contributed by atoms with van der Waals surface area (Å²) < 4.78 is 5.01. The fourth-order valence-corrected chi connectivity index (χ4v) is 0.908. The number of aliphatic hydroxyl groups is 1. The largest absolute Gasteiger partial charge is 0.458 e. The lowest BCUT2D eigenvalue weighted by atomic mass is 10.2. The minimum absolute atomic E-state index is 0.0534. The standard InChI is InChI=1S/C12H20O3/c1-4-6-7-11(8-13)9-15-12(14)10(3)5-2/h5,7,13H,4,6,8-9H2,1-3H3/b10-5+,11-7-. The average Bonchev–Trinajstić information content (AvgIpc) is 2.27. The summed E-state index contributed by atoms with van der Waals surface area (Å²) in [6, 6.07) is 0. The molecule has 0 rings (SSSR count). The van der Waals surface area contributed by atoms with E-state index in [4.69, 9.17) is 9.84 Å². The molecule has 0 atom stereocenters. The maximum atomic E-state index is 11.3. The monoisotopic (exact) mass is 212 g/mol. The Hall–Kier alpha value is -1.09. The summed E-state index contributed by atoms with van der Waals surface area (Å²) >= 11 is 0. The Kier molecular flexibility index (Phi) is 7.64. The van der Waals surface area contributed by atoms with E-state index < -0.39 is 0 Å². The highest BCUT2D eigenvalue weighted by Crippen LogP contribution is 2.02. The molecule has 0 aliphatic carbocycles. The van der Waals surface area contributed by atoms with Gasteiger partial charge in [0.05, 0.1) is 6.61 Å². The van der Waals surface area contributed by atoms with Gasteiger partial charge in [-0.2, -0.15) is 0 Å². The molecule has 3 nitrogen and oxygen atoms in total. The van der Waals surface area contributed by atoms with E-state index in [0.717, 1.165) is 18.4 Å². The van der Waals surface area contributed by atoms with E-state index in [1.165, 1.54) is 0 Å². The van der Waals surface area contributed by atoms with E-state index in [0.29, 0.717) is 5.57 Å². The predicted octanol–water partition coefficient (Wildman–Crippen LogP) is 2.21. The van der Waals surface area contributed by atoms with E-state index >= 15 is 0 Å². The topological polar surface area (TPSA) is 46.5 Å². The van der Waals surface area contributed by atoms with Crippen molar-refractivity contribution in [2.45, 2.75) is 33.6 Å². The first-order valence-electron chi connectivity index (χ1n) is 5.24. The number of carbonyl (C=O) groups is 1. The lowest BCUT2D eigenvalue weighted by molar-refractivity contribution is -0.138. The Balaban J connectivity index is 4.06. The fraction of sp³-hybridized carbons (Fsp3) is 0.583. The molecule has 0 fully saturated rings. The van der Waals surface area contributed by atoms with Gasteiger partial charge in [0.15, 0.2) is 0 Å². The predicted molar refractivity (Wildman–Crippen MR) is 60.5 cm³/mol. The molecule has 0 spiro atoms. The van der Waals surface area contributed by atoms with Crippen LogP contribution in [0.25, 0.3) is 0 Å². The van der Waals surface area contributed by atoms with Crippen molar-refractivity contribution < 1.29 is 14.6 Å². The number of rotatable bonds is 6. The Bertz CT molecular complexity index is 252. The van der Waals surface area contributed by atoms with Crippen LogP contribution in [0.1, 0.15) is 33.6 Å². The number of carbonyl (C=O) groups excluding carboxylic acids is 1. The van der Waals surface area contributed by atoms with Crippen LogP contribution < -0.4 is 0 Å². The molecule has 0 saturated heterocycles. The number of unbranched alkanes of at least 4 members (excludes halogenated alkanes) is 1. The Morgan fingerprint density at radius 2 is 2.13 bits per heavy atom. The average molecular weight is 212 g/mol. The molecule has 0 radical (unpaired) electrons. The summed E-state index contributed by atoms with van der Waals surface area (Å²) in [6.07, 6.45) is 5.54. The van der Waals surface area contributed by atoms with Gasteiger partial charge in [-0.25, -0.2) is 4.79 Å². The van der Waals surface area contributed by atoms with Crippen molar-refractivity contribution in [2.75, 3.05) is 13.2 Å². The second kappa shape index (κ2) is 8.24. The van der Waals surface area contributed by atoms with Gasteiger partial charge < -0.3 is 9.84 Å². The van der Waals surface area contributed by atoms with E-state index in [1.807, 2.05) is 6.08 Å². The summed E-state index contributed by atoms with van der Waals surface area (Å²) in [7, 11) is 0. The van der Waals surface area contributed by atoms with Gasteiger partial charge in [0.2, 0.25) is 0 Å². The van der Waals surface area contributed by atoms with Crippen LogP contribution >= 0.6 is 0 Å². The zero-order chi connectivity index (χ0) is 11.7. The minimum Gasteiger partial charge on any atom is -0.458 e. The van der Waals surface area contributed by atoms with Crippen molar-refractivity contribution in [3.8, 4) is 0 Å². The third kappa shape index (κ3) is 6.07. The zero-order valence-electron chi connectivity index (χ0n) is 9.75. The molecule has 0 aliphatic heterocycles. The van der Waals surface area contributed by atoms with Gasteiger partial charge in [0.1, 0.15) is 6.61 Å². The Morgan fingerprint density at radius 3 is 2.60 bits per heavy atom. The summed E-state index contributed by atoms with van der Waals surface area (Å²) in [5, 5.41) is 8.99. The van der Waals surface area contributed by atoms with Crippen molar-refractivity contribution in [2.24, 2.45) is 0 Å². The highest BCUT2D eigenvalue weighted by atomic mass is 16.5. The summed E-state index contributed by atoms with van der Waals surface area (Å²) in [5.74, 6) is -0.326. The lowest BCUT2D eigenvalue weighted by Gasteiger charge is -2.06. The first kappa shape index (κ1) is 13.9. The number of hydrogen-bond donors (Lipinski definition) is 1. The van der Waals surface area contributed by atoms with Crippen LogP contribution in [0.2, 0.25) is 0 Å².